The van der Waals surface area contributed by atoms with Gasteiger partial charge in [-0.3, -0.25) is 0 Å². The molecule has 0 aliphatic carbocycles. The fourth-order valence-electron chi connectivity index (χ4n) is 2.14. The van der Waals surface area contributed by atoms with Gasteiger partial charge in [0.1, 0.15) is 12.4 Å². The van der Waals surface area contributed by atoms with Crippen LogP contribution in [0.1, 0.15) is 15.9 Å². The molecular weight excluding hydrogens is 308 g/mol. The molecule has 0 aliphatic rings. The average Bonchev–Trinajstić information content (AvgIpc) is 2.65. The second-order valence-corrected chi connectivity index (χ2v) is 4.82. The minimum Gasteiger partial charge on any atom is -0.496 e. The predicted octanol–water partition coefficient (Wildman–Crippen LogP) is 3.58. The fraction of sp³-hybridized carbons (Fsp3) is 0.211. The summed E-state index contributed by atoms with van der Waals surface area (Å²) in [7, 11) is 4.71. The van der Waals surface area contributed by atoms with E-state index in [1.165, 1.54) is 0 Å². The van der Waals surface area contributed by atoms with E-state index in [0.29, 0.717) is 22.8 Å². The van der Waals surface area contributed by atoms with Gasteiger partial charge < -0.3 is 18.9 Å². The summed E-state index contributed by atoms with van der Waals surface area (Å²) in [5, 5.41) is 0. The molecule has 24 heavy (non-hydrogen) atoms. The first-order valence-corrected chi connectivity index (χ1v) is 7.38. The summed E-state index contributed by atoms with van der Waals surface area (Å²) in [5.41, 5.74) is 1.32. The Morgan fingerprint density at radius 1 is 0.917 bits per heavy atom. The van der Waals surface area contributed by atoms with E-state index in [4.69, 9.17) is 18.9 Å². The van der Waals surface area contributed by atoms with Crippen molar-refractivity contribution in [1.82, 2.24) is 0 Å². The van der Waals surface area contributed by atoms with Crippen LogP contribution in [0, 0.1) is 0 Å². The molecule has 0 aliphatic heterocycles. The summed E-state index contributed by atoms with van der Waals surface area (Å²) in [4.78, 5) is 11.8. The fourth-order valence-corrected chi connectivity index (χ4v) is 2.14. The van der Waals surface area contributed by atoms with Gasteiger partial charge in [0, 0.05) is 11.6 Å². The van der Waals surface area contributed by atoms with Crippen molar-refractivity contribution < 1.29 is 23.7 Å². The normalized spacial score (nSPS) is 10.5. The highest BCUT2D eigenvalue weighted by atomic mass is 16.5. The maximum atomic E-state index is 11.8. The van der Waals surface area contributed by atoms with E-state index in [1.807, 2.05) is 6.07 Å². The van der Waals surface area contributed by atoms with E-state index in [2.05, 4.69) is 0 Å². The second-order valence-electron chi connectivity index (χ2n) is 4.82. The molecule has 0 spiro atoms. The van der Waals surface area contributed by atoms with Crippen LogP contribution < -0.4 is 14.2 Å². The van der Waals surface area contributed by atoms with Gasteiger partial charge in [0.05, 0.1) is 26.9 Å². The Morgan fingerprint density at radius 2 is 1.54 bits per heavy atom. The van der Waals surface area contributed by atoms with Crippen LogP contribution in [0.15, 0.2) is 48.5 Å². The molecule has 0 radical (unpaired) electrons. The zero-order valence-electron chi connectivity index (χ0n) is 13.9. The van der Waals surface area contributed by atoms with Gasteiger partial charge in [-0.25, -0.2) is 4.79 Å². The number of hydrogen-bond acceptors (Lipinski definition) is 5. The van der Waals surface area contributed by atoms with E-state index in [0.717, 1.165) is 5.56 Å². The van der Waals surface area contributed by atoms with Crippen molar-refractivity contribution >= 4 is 12.0 Å². The Labute approximate surface area is 141 Å². The Balaban J connectivity index is 2.04. The Morgan fingerprint density at radius 3 is 2.17 bits per heavy atom. The van der Waals surface area contributed by atoms with Crippen LogP contribution in [0.2, 0.25) is 0 Å². The third kappa shape index (κ3) is 4.29. The van der Waals surface area contributed by atoms with Gasteiger partial charge in [-0.05, 0) is 24.3 Å². The van der Waals surface area contributed by atoms with Crippen LogP contribution in [0.25, 0.3) is 6.08 Å². The van der Waals surface area contributed by atoms with Crippen molar-refractivity contribution in [1.29, 1.82) is 0 Å². The molecule has 0 amide bonds. The van der Waals surface area contributed by atoms with Crippen molar-refractivity contribution in [2.75, 3.05) is 27.9 Å². The first-order chi connectivity index (χ1) is 11.7. The third-order valence-corrected chi connectivity index (χ3v) is 3.35. The maximum Gasteiger partial charge on any atom is 0.338 e. The van der Waals surface area contributed by atoms with E-state index in [-0.39, 0.29) is 12.6 Å². The Hall–Kier alpha value is -2.95. The van der Waals surface area contributed by atoms with Crippen LogP contribution >= 0.6 is 0 Å². The Kier molecular flexibility index (Phi) is 6.25. The quantitative estimate of drug-likeness (QED) is 0.727. The molecule has 0 aromatic heterocycles. The lowest BCUT2D eigenvalue weighted by molar-refractivity contribution is 0.0550. The average molecular weight is 328 g/mol. The van der Waals surface area contributed by atoms with Crippen molar-refractivity contribution in [3.63, 3.8) is 0 Å². The summed E-state index contributed by atoms with van der Waals surface area (Å²) < 4.78 is 21.1. The second kappa shape index (κ2) is 8.62. The number of benzene rings is 2. The SMILES string of the molecule is COc1cc(OC)c(OC)cc1/C=C/COC(=O)c1ccccc1. The molecule has 2 aromatic carbocycles. The number of methoxy groups -OCH3 is 3. The largest absolute Gasteiger partial charge is 0.496 e. The highest BCUT2D eigenvalue weighted by molar-refractivity contribution is 5.89. The summed E-state index contributed by atoms with van der Waals surface area (Å²) in [6.07, 6.45) is 3.55. The van der Waals surface area contributed by atoms with Gasteiger partial charge in [-0.2, -0.15) is 0 Å². The van der Waals surface area contributed by atoms with E-state index in [9.17, 15) is 4.79 Å². The summed E-state index contributed by atoms with van der Waals surface area (Å²) in [5.74, 6) is 1.46. The van der Waals surface area contributed by atoms with Crippen LogP contribution in [0.3, 0.4) is 0 Å². The predicted molar refractivity (Wildman–Crippen MR) is 91.9 cm³/mol. The van der Waals surface area contributed by atoms with Crippen LogP contribution in [-0.2, 0) is 4.74 Å². The minimum atomic E-state index is -0.362. The van der Waals surface area contributed by atoms with Gasteiger partial charge in [-0.1, -0.05) is 24.3 Å². The number of ether oxygens (including phenoxy) is 4. The van der Waals surface area contributed by atoms with Crippen molar-refractivity contribution in [3.8, 4) is 17.2 Å². The van der Waals surface area contributed by atoms with Gasteiger partial charge in [0.25, 0.3) is 0 Å². The summed E-state index contributed by atoms with van der Waals surface area (Å²) >= 11 is 0. The summed E-state index contributed by atoms with van der Waals surface area (Å²) in [6.45, 7) is 0.158. The van der Waals surface area contributed by atoms with Gasteiger partial charge in [-0.15, -0.1) is 0 Å². The van der Waals surface area contributed by atoms with Gasteiger partial charge in [0.15, 0.2) is 11.5 Å². The van der Waals surface area contributed by atoms with Crippen molar-refractivity contribution in [2.24, 2.45) is 0 Å². The molecule has 0 saturated heterocycles. The van der Waals surface area contributed by atoms with Crippen molar-refractivity contribution in [2.45, 2.75) is 0 Å². The molecule has 0 heterocycles. The standard InChI is InChI=1S/C19H20O5/c1-21-16-13-18(23-3)17(22-2)12-15(16)10-7-11-24-19(20)14-8-5-4-6-9-14/h4-10,12-13H,11H2,1-3H3/b10-7+. The van der Waals surface area contributed by atoms with Crippen molar-refractivity contribution in [3.05, 3.63) is 59.7 Å². The first kappa shape index (κ1) is 17.4. The van der Waals surface area contributed by atoms with Gasteiger partial charge in [0.2, 0.25) is 0 Å². The number of rotatable bonds is 7. The zero-order chi connectivity index (χ0) is 17.4. The highest BCUT2D eigenvalue weighted by Gasteiger charge is 2.10. The molecule has 2 aromatic rings. The number of carbonyl (C=O) groups excluding carboxylic acids is 1. The van der Waals surface area contributed by atoms with E-state index < -0.39 is 0 Å². The molecule has 0 unspecified atom stereocenters. The Bertz CT molecular complexity index is 707. The molecule has 126 valence electrons. The van der Waals surface area contributed by atoms with Crippen LogP contribution in [-0.4, -0.2) is 33.9 Å². The molecule has 2 rings (SSSR count). The summed E-state index contributed by atoms with van der Waals surface area (Å²) in [6, 6.07) is 12.4. The molecule has 5 heteroatoms. The lowest BCUT2D eigenvalue weighted by Gasteiger charge is -2.12. The smallest absolute Gasteiger partial charge is 0.338 e. The minimum absolute atomic E-state index is 0.158. The lowest BCUT2D eigenvalue weighted by atomic mass is 10.1. The van der Waals surface area contributed by atoms with Crippen LogP contribution in [0.4, 0.5) is 0 Å². The first-order valence-electron chi connectivity index (χ1n) is 7.38. The molecule has 0 N–H and O–H groups in total. The monoisotopic (exact) mass is 328 g/mol. The zero-order valence-corrected chi connectivity index (χ0v) is 13.9. The van der Waals surface area contributed by atoms with E-state index in [1.54, 1.807) is 69.9 Å². The topological polar surface area (TPSA) is 54.0 Å². The maximum absolute atomic E-state index is 11.8. The molecule has 0 fully saturated rings. The molecule has 0 bridgehead atoms. The van der Waals surface area contributed by atoms with Gasteiger partial charge >= 0.3 is 5.97 Å². The lowest BCUT2D eigenvalue weighted by Crippen LogP contribution is -2.04. The molecule has 5 nitrogen and oxygen atoms in total. The highest BCUT2D eigenvalue weighted by Crippen LogP contribution is 2.35. The number of esters is 1. The molecular formula is C19H20O5. The van der Waals surface area contributed by atoms with Crippen LogP contribution in [0.5, 0.6) is 17.2 Å². The molecule has 0 atom stereocenters. The third-order valence-electron chi connectivity index (χ3n) is 3.35. The number of hydrogen-bond donors (Lipinski definition) is 0. The molecule has 0 saturated carbocycles. The van der Waals surface area contributed by atoms with E-state index >= 15 is 0 Å². The number of carbonyl (C=O) groups is 1.